The average Bonchev–Trinajstić information content (AvgIpc) is 3.32. The fraction of sp³-hybridized carbons (Fsp3) is 0.429. The van der Waals surface area contributed by atoms with Gasteiger partial charge in [0, 0.05) is 47.7 Å². The molecule has 8 heteroatoms. The van der Waals surface area contributed by atoms with Gasteiger partial charge in [-0.1, -0.05) is 13.8 Å². The first-order valence-corrected chi connectivity index (χ1v) is 10.7. The van der Waals surface area contributed by atoms with Gasteiger partial charge in [-0.3, -0.25) is 19.4 Å². The molecule has 3 aromatic rings. The van der Waals surface area contributed by atoms with E-state index in [1.54, 1.807) is 47.9 Å². The van der Waals surface area contributed by atoms with Crippen molar-refractivity contribution in [1.29, 1.82) is 0 Å². The van der Waals surface area contributed by atoms with Crippen LogP contribution in [0.1, 0.15) is 34.8 Å². The van der Waals surface area contributed by atoms with Crippen LogP contribution in [0.25, 0.3) is 11.3 Å². The molecule has 0 radical (unpaired) electrons. The molecule has 0 saturated heterocycles. The van der Waals surface area contributed by atoms with E-state index in [4.69, 9.17) is 9.72 Å². The number of carbonyl (C=O) groups is 1. The van der Waals surface area contributed by atoms with Crippen molar-refractivity contribution < 1.29 is 9.53 Å². The van der Waals surface area contributed by atoms with Gasteiger partial charge in [0.25, 0.3) is 5.91 Å². The van der Waals surface area contributed by atoms with Crippen LogP contribution in [0.2, 0.25) is 0 Å². The van der Waals surface area contributed by atoms with Crippen molar-refractivity contribution in [3.63, 3.8) is 0 Å². The molecule has 1 aliphatic rings. The highest BCUT2D eigenvalue weighted by Crippen LogP contribution is 2.39. The number of hydrogen-bond donors (Lipinski definition) is 0. The molecule has 1 aliphatic carbocycles. The Balaban J connectivity index is 1.68. The molecule has 3 aromatic heterocycles. The van der Waals surface area contributed by atoms with Crippen molar-refractivity contribution in [2.45, 2.75) is 33.2 Å². The van der Waals surface area contributed by atoms with Crippen LogP contribution in [0.4, 0.5) is 5.13 Å². The zero-order valence-electron chi connectivity index (χ0n) is 17.0. The molecule has 0 bridgehead atoms. The van der Waals surface area contributed by atoms with Gasteiger partial charge < -0.3 is 4.74 Å². The molecule has 0 spiro atoms. The number of rotatable bonds is 7. The first kappa shape index (κ1) is 19.7. The normalized spacial score (nSPS) is 12.7. The second-order valence-electron chi connectivity index (χ2n) is 7.53. The number of thiazole rings is 1. The molecule has 7 nitrogen and oxygen atoms in total. The van der Waals surface area contributed by atoms with E-state index < -0.39 is 0 Å². The number of nitrogens with zero attached hydrogens (tertiary/aromatic N) is 5. The highest BCUT2D eigenvalue weighted by atomic mass is 32.1. The van der Waals surface area contributed by atoms with Crippen LogP contribution in [0.15, 0.2) is 30.7 Å². The van der Waals surface area contributed by atoms with Crippen LogP contribution in [0.3, 0.4) is 0 Å². The van der Waals surface area contributed by atoms with Gasteiger partial charge in [0.05, 0.1) is 25.0 Å². The molecule has 0 fully saturated rings. The van der Waals surface area contributed by atoms with Crippen molar-refractivity contribution in [3.05, 3.63) is 46.9 Å². The summed E-state index contributed by atoms with van der Waals surface area (Å²) in [5.41, 5.74) is 3.89. The number of pyridine rings is 1. The minimum atomic E-state index is -0.0914. The number of aryl methyl sites for hydroxylation is 1. The fourth-order valence-electron chi connectivity index (χ4n) is 3.56. The maximum Gasteiger partial charge on any atom is 0.260 e. The Hall–Kier alpha value is -2.58. The molecular weight excluding hydrogens is 386 g/mol. The van der Waals surface area contributed by atoms with E-state index in [9.17, 15) is 4.79 Å². The van der Waals surface area contributed by atoms with E-state index >= 15 is 0 Å². The Kier molecular flexibility index (Phi) is 5.73. The van der Waals surface area contributed by atoms with Crippen LogP contribution in [0, 0.1) is 5.92 Å². The summed E-state index contributed by atoms with van der Waals surface area (Å²) in [6.07, 6.45) is 7.05. The van der Waals surface area contributed by atoms with Crippen molar-refractivity contribution in [2.24, 2.45) is 5.92 Å². The van der Waals surface area contributed by atoms with Crippen molar-refractivity contribution in [2.75, 3.05) is 25.2 Å². The Bertz CT molecular complexity index is 996. The maximum atomic E-state index is 13.1. The van der Waals surface area contributed by atoms with Gasteiger partial charge in [-0.2, -0.15) is 5.10 Å². The second-order valence-corrected chi connectivity index (χ2v) is 8.60. The van der Waals surface area contributed by atoms with Crippen LogP contribution in [-0.2, 0) is 24.1 Å². The van der Waals surface area contributed by atoms with Crippen molar-refractivity contribution in [1.82, 2.24) is 19.7 Å². The molecule has 0 N–H and O–H groups in total. The number of carbonyl (C=O) groups excluding carboxylic acids is 1. The molecule has 1 amide bonds. The second kappa shape index (κ2) is 8.42. The molecule has 0 aromatic carbocycles. The quantitative estimate of drug-likeness (QED) is 0.595. The lowest BCUT2D eigenvalue weighted by Gasteiger charge is -2.19. The number of aromatic nitrogens is 4. The number of anilines is 1. The van der Waals surface area contributed by atoms with Gasteiger partial charge in [-0.25, -0.2) is 4.98 Å². The summed E-state index contributed by atoms with van der Waals surface area (Å²) in [7, 11) is 1.64. The van der Waals surface area contributed by atoms with Crippen molar-refractivity contribution >= 4 is 22.4 Å². The van der Waals surface area contributed by atoms with Crippen LogP contribution >= 0.6 is 11.3 Å². The summed E-state index contributed by atoms with van der Waals surface area (Å²) in [5, 5.41) is 5.30. The summed E-state index contributed by atoms with van der Waals surface area (Å²) in [4.78, 5) is 24.9. The minimum Gasteiger partial charge on any atom is -0.383 e. The fourth-order valence-corrected chi connectivity index (χ4v) is 4.66. The largest absolute Gasteiger partial charge is 0.383 e. The Morgan fingerprint density at radius 3 is 2.83 bits per heavy atom. The number of amides is 1. The van der Waals surface area contributed by atoms with Gasteiger partial charge in [0.15, 0.2) is 5.13 Å². The topological polar surface area (TPSA) is 73.1 Å². The Morgan fingerprint density at radius 2 is 2.10 bits per heavy atom. The van der Waals surface area contributed by atoms with E-state index in [0.717, 1.165) is 30.6 Å². The molecular formula is C21H25N5O2S. The number of methoxy groups -OCH3 is 1. The highest BCUT2D eigenvalue weighted by Gasteiger charge is 2.28. The lowest BCUT2D eigenvalue weighted by Crippen LogP contribution is -2.33. The summed E-state index contributed by atoms with van der Waals surface area (Å²) in [6, 6.07) is 3.45. The molecule has 29 heavy (non-hydrogen) atoms. The highest BCUT2D eigenvalue weighted by molar-refractivity contribution is 7.16. The molecule has 0 saturated carbocycles. The predicted molar refractivity (Wildman–Crippen MR) is 113 cm³/mol. The van der Waals surface area contributed by atoms with Gasteiger partial charge in [-0.15, -0.1) is 11.3 Å². The first-order valence-electron chi connectivity index (χ1n) is 9.84. The molecule has 152 valence electrons. The predicted octanol–water partition coefficient (Wildman–Crippen LogP) is 3.45. The zero-order valence-corrected chi connectivity index (χ0v) is 17.8. The Labute approximate surface area is 174 Å². The van der Waals surface area contributed by atoms with Crippen LogP contribution in [0.5, 0.6) is 0 Å². The molecule has 4 rings (SSSR count). The summed E-state index contributed by atoms with van der Waals surface area (Å²) >= 11 is 1.59. The number of ether oxygens (including phenoxy) is 1. The first-order chi connectivity index (χ1) is 14.1. The lowest BCUT2D eigenvalue weighted by atomic mass is 10.0. The summed E-state index contributed by atoms with van der Waals surface area (Å²) < 4.78 is 7.34. The van der Waals surface area contributed by atoms with Crippen LogP contribution < -0.4 is 4.90 Å². The molecule has 3 heterocycles. The van der Waals surface area contributed by atoms with E-state index in [1.807, 2.05) is 6.20 Å². The minimum absolute atomic E-state index is 0.0914. The smallest absolute Gasteiger partial charge is 0.260 e. The average molecular weight is 412 g/mol. The van der Waals surface area contributed by atoms with Gasteiger partial charge in [-0.05, 0) is 30.9 Å². The summed E-state index contributed by atoms with van der Waals surface area (Å²) in [5.74, 6) is 0.445. The third kappa shape index (κ3) is 3.95. The SMILES string of the molecule is COCCN(C(=O)c1ccncc1)c1nc2c(s1)CCc1c-2cnn1CC(C)C. The van der Waals surface area contributed by atoms with E-state index in [-0.39, 0.29) is 5.91 Å². The monoisotopic (exact) mass is 411 g/mol. The van der Waals surface area contributed by atoms with Gasteiger partial charge >= 0.3 is 0 Å². The molecule has 0 atom stereocenters. The van der Waals surface area contributed by atoms with E-state index in [0.29, 0.717) is 29.8 Å². The van der Waals surface area contributed by atoms with E-state index in [1.165, 1.54) is 10.6 Å². The number of fused-ring (bicyclic) bond motifs is 3. The van der Waals surface area contributed by atoms with E-state index in [2.05, 4.69) is 28.6 Å². The van der Waals surface area contributed by atoms with Gasteiger partial charge in [0.2, 0.25) is 0 Å². The zero-order chi connectivity index (χ0) is 20.4. The van der Waals surface area contributed by atoms with Crippen molar-refractivity contribution in [3.8, 4) is 11.3 Å². The third-order valence-electron chi connectivity index (χ3n) is 4.94. The molecule has 0 aliphatic heterocycles. The lowest BCUT2D eigenvalue weighted by molar-refractivity contribution is 0.0976. The third-order valence-corrected chi connectivity index (χ3v) is 6.08. The number of hydrogen-bond acceptors (Lipinski definition) is 6. The molecule has 0 unspecified atom stereocenters. The maximum absolute atomic E-state index is 13.1. The standard InChI is InChI=1S/C21H25N5O2S/c1-14(2)13-26-17-4-5-18-19(16(17)12-23-26)24-21(29-18)25(10-11-28-3)20(27)15-6-8-22-9-7-15/h6-9,12,14H,4-5,10-11,13H2,1-3H3. The Morgan fingerprint density at radius 1 is 1.31 bits per heavy atom. The van der Waals surface area contributed by atoms with Gasteiger partial charge in [0.1, 0.15) is 0 Å². The van der Waals surface area contributed by atoms with Crippen LogP contribution in [-0.4, -0.2) is 45.9 Å². The summed E-state index contributed by atoms with van der Waals surface area (Å²) in [6.45, 7) is 6.19.